The fraction of sp³-hybridized carbons (Fsp3) is 0.583. The van der Waals surface area contributed by atoms with E-state index in [0.29, 0.717) is 6.73 Å². The monoisotopic (exact) mass is 329 g/mol. The summed E-state index contributed by atoms with van der Waals surface area (Å²) in [6.07, 6.45) is 1.82. The van der Waals surface area contributed by atoms with Gasteiger partial charge in [-0.1, -0.05) is 19.6 Å². The largest absolute Gasteiger partial charge is 0.360 e. The minimum Gasteiger partial charge on any atom is -0.360 e. The van der Waals surface area contributed by atoms with Crippen molar-refractivity contribution >= 4 is 29.8 Å². The van der Waals surface area contributed by atoms with Crippen molar-refractivity contribution < 1.29 is 4.74 Å². The molecule has 1 aromatic heterocycles. The minimum atomic E-state index is -0.999. The number of hydrogen-bond donors (Lipinski definition) is 1. The van der Waals surface area contributed by atoms with E-state index in [9.17, 15) is 0 Å². The Morgan fingerprint density at radius 3 is 3.00 bits per heavy atom. The molecule has 0 saturated heterocycles. The zero-order valence-electron chi connectivity index (χ0n) is 11.2. The Morgan fingerprint density at radius 2 is 2.28 bits per heavy atom. The van der Waals surface area contributed by atoms with E-state index in [4.69, 9.17) is 4.74 Å². The van der Waals surface area contributed by atoms with Crippen LogP contribution in [0.2, 0.25) is 25.7 Å². The van der Waals surface area contributed by atoms with E-state index < -0.39 is 8.07 Å². The summed E-state index contributed by atoms with van der Waals surface area (Å²) >= 11 is 3.44. The van der Waals surface area contributed by atoms with Crippen molar-refractivity contribution in [3.05, 3.63) is 22.3 Å². The van der Waals surface area contributed by atoms with Gasteiger partial charge in [-0.2, -0.15) is 0 Å². The summed E-state index contributed by atoms with van der Waals surface area (Å²) in [4.78, 5) is 4.41. The van der Waals surface area contributed by atoms with E-state index in [0.717, 1.165) is 23.4 Å². The van der Waals surface area contributed by atoms with Gasteiger partial charge in [-0.25, -0.2) is 10.4 Å². The predicted molar refractivity (Wildman–Crippen MR) is 80.2 cm³/mol. The van der Waals surface area contributed by atoms with Crippen LogP contribution in [0, 0.1) is 0 Å². The third kappa shape index (κ3) is 3.78. The first kappa shape index (κ1) is 14.0. The van der Waals surface area contributed by atoms with Gasteiger partial charge < -0.3 is 4.74 Å². The molecule has 1 N–H and O–H groups in total. The number of hydrazine groups is 1. The number of anilines is 1. The molecular weight excluding hydrogens is 310 g/mol. The second-order valence-corrected chi connectivity index (χ2v) is 12.3. The number of fused-ring (bicyclic) bond motifs is 1. The highest BCUT2D eigenvalue weighted by Crippen LogP contribution is 2.24. The predicted octanol–water partition coefficient (Wildman–Crippen LogP) is 2.98. The van der Waals surface area contributed by atoms with Crippen LogP contribution < -0.4 is 10.4 Å². The van der Waals surface area contributed by atoms with Crippen LogP contribution >= 0.6 is 15.9 Å². The van der Waals surface area contributed by atoms with E-state index in [-0.39, 0.29) is 0 Å². The number of ether oxygens (including phenoxy) is 1. The Labute approximate surface area is 118 Å². The molecule has 2 rings (SSSR count). The first-order valence-corrected chi connectivity index (χ1v) is 10.7. The number of halogens is 1. The van der Waals surface area contributed by atoms with E-state index in [1.807, 2.05) is 11.2 Å². The molecule has 1 aliphatic rings. The highest BCUT2D eigenvalue weighted by atomic mass is 79.9. The summed E-state index contributed by atoms with van der Waals surface area (Å²) in [6.45, 7) is 9.29. The van der Waals surface area contributed by atoms with Crippen LogP contribution in [0.4, 0.5) is 5.82 Å². The van der Waals surface area contributed by atoms with Gasteiger partial charge in [0.2, 0.25) is 0 Å². The van der Waals surface area contributed by atoms with Gasteiger partial charge in [0.05, 0.1) is 0 Å². The van der Waals surface area contributed by atoms with Crippen molar-refractivity contribution in [1.82, 2.24) is 10.4 Å². The molecule has 1 aromatic rings. The maximum Gasteiger partial charge on any atom is 0.149 e. The lowest BCUT2D eigenvalue weighted by atomic mass is 10.3. The zero-order valence-corrected chi connectivity index (χ0v) is 13.7. The third-order valence-electron chi connectivity index (χ3n) is 2.84. The number of pyridine rings is 1. The number of nitrogens with one attached hydrogen (secondary N) is 1. The standard InChI is InChI=1S/C12H20BrN3OSi/c1-18(2,3)5-4-17-9-16-12-10(7-15-16)6-11(13)8-14-12/h6,8,15H,4-5,7,9H2,1-3H3. The normalized spacial score (nSPS) is 15.0. The van der Waals surface area contributed by atoms with Crippen molar-refractivity contribution in [3.63, 3.8) is 0 Å². The van der Waals surface area contributed by atoms with Gasteiger partial charge in [0.1, 0.15) is 12.5 Å². The van der Waals surface area contributed by atoms with Crippen molar-refractivity contribution in [1.29, 1.82) is 0 Å². The fourth-order valence-corrected chi connectivity index (χ4v) is 2.88. The molecule has 4 nitrogen and oxygen atoms in total. The summed E-state index contributed by atoms with van der Waals surface area (Å²) in [5.74, 6) is 0.978. The molecule has 0 amide bonds. The maximum atomic E-state index is 5.73. The van der Waals surface area contributed by atoms with Crippen LogP contribution in [0.3, 0.4) is 0 Å². The molecule has 0 aliphatic carbocycles. The lowest BCUT2D eigenvalue weighted by Crippen LogP contribution is -2.35. The fourth-order valence-electron chi connectivity index (χ4n) is 1.74. The van der Waals surface area contributed by atoms with Crippen LogP contribution in [-0.4, -0.2) is 26.4 Å². The lowest BCUT2D eigenvalue weighted by Gasteiger charge is -2.20. The molecular formula is C12H20BrN3OSi. The van der Waals surface area contributed by atoms with E-state index in [1.165, 1.54) is 11.6 Å². The number of aromatic nitrogens is 1. The van der Waals surface area contributed by atoms with Gasteiger partial charge >= 0.3 is 0 Å². The highest BCUT2D eigenvalue weighted by molar-refractivity contribution is 9.10. The van der Waals surface area contributed by atoms with Gasteiger partial charge in [0.15, 0.2) is 0 Å². The third-order valence-corrected chi connectivity index (χ3v) is 4.98. The quantitative estimate of drug-likeness (QED) is 0.665. The molecule has 0 bridgehead atoms. The molecule has 0 saturated carbocycles. The van der Waals surface area contributed by atoms with Gasteiger partial charge in [-0.05, 0) is 28.0 Å². The van der Waals surface area contributed by atoms with Crippen molar-refractivity contribution in [3.8, 4) is 0 Å². The van der Waals surface area contributed by atoms with Gasteiger partial charge in [-0.3, -0.25) is 5.01 Å². The molecule has 0 fully saturated rings. The summed E-state index contributed by atoms with van der Waals surface area (Å²) in [5, 5.41) is 1.98. The highest BCUT2D eigenvalue weighted by Gasteiger charge is 2.20. The first-order chi connectivity index (χ1) is 8.46. The van der Waals surface area contributed by atoms with Gasteiger partial charge in [-0.15, -0.1) is 0 Å². The Kier molecular flexibility index (Phi) is 4.42. The van der Waals surface area contributed by atoms with Gasteiger partial charge in [0, 0.05) is 37.5 Å². The lowest BCUT2D eigenvalue weighted by molar-refractivity contribution is 0.140. The molecule has 6 heteroatoms. The molecule has 2 heterocycles. The Hall–Kier alpha value is -0.433. The molecule has 0 spiro atoms. The first-order valence-electron chi connectivity index (χ1n) is 6.19. The van der Waals surface area contributed by atoms with Crippen molar-refractivity contribution in [2.24, 2.45) is 0 Å². The van der Waals surface area contributed by atoms with Crippen LogP contribution in [0.5, 0.6) is 0 Å². The summed E-state index contributed by atoms with van der Waals surface area (Å²) in [7, 11) is -0.999. The second-order valence-electron chi connectivity index (χ2n) is 5.75. The molecule has 0 atom stereocenters. The maximum absolute atomic E-state index is 5.73. The zero-order chi connectivity index (χ0) is 13.2. The van der Waals surface area contributed by atoms with Crippen molar-refractivity contribution in [2.45, 2.75) is 32.2 Å². The Balaban J connectivity index is 1.83. The Bertz CT molecular complexity index is 422. The molecule has 0 aromatic carbocycles. The van der Waals surface area contributed by atoms with Crippen LogP contribution in [0.25, 0.3) is 0 Å². The van der Waals surface area contributed by atoms with E-state index in [1.54, 1.807) is 0 Å². The molecule has 0 radical (unpaired) electrons. The topological polar surface area (TPSA) is 37.4 Å². The number of rotatable bonds is 5. The molecule has 100 valence electrons. The van der Waals surface area contributed by atoms with Crippen LogP contribution in [0.1, 0.15) is 5.56 Å². The Morgan fingerprint density at radius 1 is 1.50 bits per heavy atom. The molecule has 18 heavy (non-hydrogen) atoms. The number of hydrogen-bond acceptors (Lipinski definition) is 4. The minimum absolute atomic E-state index is 0.562. The van der Waals surface area contributed by atoms with Gasteiger partial charge in [0.25, 0.3) is 0 Å². The van der Waals surface area contributed by atoms with Crippen LogP contribution in [0.15, 0.2) is 16.7 Å². The average molecular weight is 330 g/mol. The van der Waals surface area contributed by atoms with Crippen LogP contribution in [-0.2, 0) is 11.3 Å². The number of nitrogens with zero attached hydrogens (tertiary/aromatic N) is 2. The summed E-state index contributed by atoms with van der Waals surface area (Å²) < 4.78 is 6.75. The SMILES string of the molecule is C[Si](C)(C)CCOCN1NCc2cc(Br)cnc21. The van der Waals surface area contributed by atoms with E-state index >= 15 is 0 Å². The smallest absolute Gasteiger partial charge is 0.149 e. The van der Waals surface area contributed by atoms with Crippen molar-refractivity contribution in [2.75, 3.05) is 18.3 Å². The summed E-state index contributed by atoms with van der Waals surface area (Å²) in [5.41, 5.74) is 4.49. The molecule has 0 unspecified atom stereocenters. The summed E-state index contributed by atoms with van der Waals surface area (Å²) in [6, 6.07) is 3.29. The molecule has 1 aliphatic heterocycles. The van der Waals surface area contributed by atoms with E-state index in [2.05, 4.69) is 52.0 Å². The second kappa shape index (κ2) is 5.69. The average Bonchev–Trinajstić information content (AvgIpc) is 2.65.